The van der Waals surface area contributed by atoms with Crippen molar-refractivity contribution >= 4 is 46.3 Å². The van der Waals surface area contributed by atoms with Gasteiger partial charge in [0.25, 0.3) is 0 Å². The van der Waals surface area contributed by atoms with Crippen molar-refractivity contribution in [1.29, 1.82) is 0 Å². The van der Waals surface area contributed by atoms with Crippen molar-refractivity contribution in [3.8, 4) is 0 Å². The van der Waals surface area contributed by atoms with Crippen molar-refractivity contribution in [2.24, 2.45) is 5.10 Å². The Morgan fingerprint density at radius 2 is 1.88 bits per heavy atom. The lowest BCUT2D eigenvalue weighted by Gasteiger charge is -2.03. The Morgan fingerprint density at radius 3 is 2.76 bits per heavy atom. The molecule has 0 heterocycles. The van der Waals surface area contributed by atoms with Crippen LogP contribution in [0, 0.1) is 0 Å². The highest BCUT2D eigenvalue weighted by atomic mass is 35.5. The first-order valence-corrected chi connectivity index (χ1v) is 9.37. The van der Waals surface area contributed by atoms with E-state index in [1.165, 1.54) is 11.8 Å². The molecule has 0 aliphatic rings. The fraction of sp³-hybridized carbons (Fsp3) is 0.100. The molecule has 0 aliphatic heterocycles. The van der Waals surface area contributed by atoms with E-state index in [1.807, 2.05) is 54.6 Å². The summed E-state index contributed by atoms with van der Waals surface area (Å²) < 4.78 is 0. The number of halogens is 1. The number of thioether (sulfide) groups is 1. The summed E-state index contributed by atoms with van der Waals surface area (Å²) in [7, 11) is 0. The Labute approximate surface area is 156 Å². The standard InChI is InChI=1S/C20H17ClN2OS/c21-18-9-3-5-15(11-18)13-25-14-20(24)23-22-12-17-8-4-7-16-6-1-2-10-19(16)17/h1-12H,13-14H2,(H,23,24)/b22-12+. The third-order valence-electron chi connectivity index (χ3n) is 3.61. The largest absolute Gasteiger partial charge is 0.272 e. The Bertz CT molecular complexity index is 906. The highest BCUT2D eigenvalue weighted by Crippen LogP contribution is 2.17. The van der Waals surface area contributed by atoms with Crippen molar-refractivity contribution in [1.82, 2.24) is 5.43 Å². The van der Waals surface area contributed by atoms with Crippen LogP contribution in [-0.2, 0) is 10.5 Å². The average molecular weight is 369 g/mol. The monoisotopic (exact) mass is 368 g/mol. The predicted octanol–water partition coefficient (Wildman–Crippen LogP) is 4.88. The Morgan fingerprint density at radius 1 is 1.08 bits per heavy atom. The summed E-state index contributed by atoms with van der Waals surface area (Å²) in [5, 5.41) is 7.04. The number of hydrogen-bond donors (Lipinski definition) is 1. The molecule has 0 fully saturated rings. The van der Waals surface area contributed by atoms with E-state index >= 15 is 0 Å². The molecule has 3 aromatic rings. The van der Waals surface area contributed by atoms with Crippen molar-refractivity contribution in [3.63, 3.8) is 0 Å². The van der Waals surface area contributed by atoms with E-state index in [0.29, 0.717) is 10.8 Å². The van der Waals surface area contributed by atoms with Gasteiger partial charge in [-0.05, 0) is 28.5 Å². The van der Waals surface area contributed by atoms with Crippen LogP contribution in [0.25, 0.3) is 10.8 Å². The molecule has 0 aliphatic carbocycles. The predicted molar refractivity (Wildman–Crippen MR) is 107 cm³/mol. The molecule has 0 bridgehead atoms. The van der Waals surface area contributed by atoms with Crippen LogP contribution in [0.5, 0.6) is 0 Å². The molecule has 0 aromatic heterocycles. The molecule has 3 aromatic carbocycles. The number of nitrogens with one attached hydrogen (secondary N) is 1. The van der Waals surface area contributed by atoms with Crippen LogP contribution in [0.3, 0.4) is 0 Å². The minimum absolute atomic E-state index is 0.122. The normalized spacial score (nSPS) is 11.1. The van der Waals surface area contributed by atoms with Gasteiger partial charge in [-0.15, -0.1) is 11.8 Å². The fourth-order valence-electron chi connectivity index (χ4n) is 2.46. The Hall–Kier alpha value is -2.30. The van der Waals surface area contributed by atoms with Crippen LogP contribution < -0.4 is 5.43 Å². The van der Waals surface area contributed by atoms with E-state index < -0.39 is 0 Å². The molecule has 0 radical (unpaired) electrons. The van der Waals surface area contributed by atoms with E-state index in [0.717, 1.165) is 27.7 Å². The first-order chi connectivity index (χ1) is 12.2. The van der Waals surface area contributed by atoms with Crippen molar-refractivity contribution in [3.05, 3.63) is 82.9 Å². The third-order valence-corrected chi connectivity index (χ3v) is 4.85. The van der Waals surface area contributed by atoms with E-state index in [2.05, 4.69) is 22.7 Å². The van der Waals surface area contributed by atoms with Gasteiger partial charge in [0.2, 0.25) is 5.91 Å². The van der Waals surface area contributed by atoms with Crippen LogP contribution in [0.2, 0.25) is 5.02 Å². The summed E-state index contributed by atoms with van der Waals surface area (Å²) in [5.41, 5.74) is 4.66. The second kappa shape index (κ2) is 8.70. The molecule has 1 N–H and O–H groups in total. The maximum absolute atomic E-state index is 11.9. The maximum Gasteiger partial charge on any atom is 0.250 e. The smallest absolute Gasteiger partial charge is 0.250 e. The molecule has 0 saturated heterocycles. The zero-order valence-corrected chi connectivity index (χ0v) is 15.1. The number of fused-ring (bicyclic) bond motifs is 1. The molecule has 0 atom stereocenters. The summed E-state index contributed by atoms with van der Waals surface area (Å²) in [4.78, 5) is 11.9. The lowest BCUT2D eigenvalue weighted by Crippen LogP contribution is -2.19. The van der Waals surface area contributed by atoms with Crippen LogP contribution in [0.15, 0.2) is 71.8 Å². The zero-order valence-electron chi connectivity index (χ0n) is 13.5. The van der Waals surface area contributed by atoms with E-state index in [-0.39, 0.29) is 5.91 Å². The van der Waals surface area contributed by atoms with Gasteiger partial charge in [0.15, 0.2) is 0 Å². The van der Waals surface area contributed by atoms with Gasteiger partial charge in [-0.2, -0.15) is 5.10 Å². The fourth-order valence-corrected chi connectivity index (χ4v) is 3.44. The van der Waals surface area contributed by atoms with Gasteiger partial charge in [0.1, 0.15) is 0 Å². The Kier molecular flexibility index (Phi) is 6.09. The summed E-state index contributed by atoms with van der Waals surface area (Å²) in [6, 6.07) is 21.7. The molecule has 3 nitrogen and oxygen atoms in total. The van der Waals surface area contributed by atoms with Gasteiger partial charge in [-0.1, -0.05) is 66.2 Å². The van der Waals surface area contributed by atoms with E-state index in [4.69, 9.17) is 11.6 Å². The first-order valence-electron chi connectivity index (χ1n) is 7.84. The second-order valence-corrected chi connectivity index (χ2v) is 6.91. The molecule has 0 spiro atoms. The summed E-state index contributed by atoms with van der Waals surface area (Å²) >= 11 is 7.47. The molecule has 25 heavy (non-hydrogen) atoms. The number of hydrogen-bond acceptors (Lipinski definition) is 3. The zero-order chi connectivity index (χ0) is 17.5. The molecular weight excluding hydrogens is 352 g/mol. The molecule has 3 rings (SSSR count). The van der Waals surface area contributed by atoms with Crippen LogP contribution in [0.1, 0.15) is 11.1 Å². The summed E-state index contributed by atoms with van der Waals surface area (Å²) in [6.07, 6.45) is 1.68. The van der Waals surface area contributed by atoms with Gasteiger partial charge in [-0.3, -0.25) is 4.79 Å². The van der Waals surface area contributed by atoms with Crippen molar-refractivity contribution in [2.45, 2.75) is 5.75 Å². The summed E-state index contributed by atoms with van der Waals surface area (Å²) in [5.74, 6) is 0.962. The molecule has 126 valence electrons. The molecular formula is C20H17ClN2OS. The molecule has 0 saturated carbocycles. The van der Waals surface area contributed by atoms with E-state index in [9.17, 15) is 4.79 Å². The first kappa shape index (κ1) is 17.5. The maximum atomic E-state index is 11.9. The topological polar surface area (TPSA) is 41.5 Å². The number of carbonyl (C=O) groups excluding carboxylic acids is 1. The van der Waals surface area contributed by atoms with Crippen LogP contribution >= 0.6 is 23.4 Å². The molecule has 5 heteroatoms. The number of rotatable bonds is 6. The Balaban J connectivity index is 1.51. The lowest BCUT2D eigenvalue weighted by molar-refractivity contribution is -0.118. The van der Waals surface area contributed by atoms with Gasteiger partial charge >= 0.3 is 0 Å². The van der Waals surface area contributed by atoms with Crippen LogP contribution in [-0.4, -0.2) is 17.9 Å². The highest BCUT2D eigenvalue weighted by molar-refractivity contribution is 7.99. The van der Waals surface area contributed by atoms with E-state index in [1.54, 1.807) is 6.21 Å². The van der Waals surface area contributed by atoms with Gasteiger partial charge < -0.3 is 0 Å². The number of benzene rings is 3. The number of carbonyl (C=O) groups is 1. The third kappa shape index (κ3) is 5.08. The molecule has 1 amide bonds. The van der Waals surface area contributed by atoms with Gasteiger partial charge in [0, 0.05) is 16.3 Å². The number of amides is 1. The van der Waals surface area contributed by atoms with Gasteiger partial charge in [-0.25, -0.2) is 5.43 Å². The average Bonchev–Trinajstić information content (AvgIpc) is 2.62. The van der Waals surface area contributed by atoms with Crippen molar-refractivity contribution in [2.75, 3.05) is 5.75 Å². The highest BCUT2D eigenvalue weighted by Gasteiger charge is 2.02. The van der Waals surface area contributed by atoms with Crippen molar-refractivity contribution < 1.29 is 4.79 Å². The SMILES string of the molecule is O=C(CSCc1cccc(Cl)c1)N/N=C/c1cccc2ccccc12. The minimum atomic E-state index is -0.122. The van der Waals surface area contributed by atoms with Gasteiger partial charge in [0.05, 0.1) is 12.0 Å². The quantitative estimate of drug-likeness (QED) is 0.497. The number of hydrazone groups is 1. The van der Waals surface area contributed by atoms with Crippen LogP contribution in [0.4, 0.5) is 0 Å². The molecule has 0 unspecified atom stereocenters. The summed E-state index contributed by atoms with van der Waals surface area (Å²) in [6.45, 7) is 0. The minimum Gasteiger partial charge on any atom is -0.272 e. The lowest BCUT2D eigenvalue weighted by atomic mass is 10.1. The second-order valence-electron chi connectivity index (χ2n) is 5.48. The number of nitrogens with zero attached hydrogens (tertiary/aromatic N) is 1.